The van der Waals surface area contributed by atoms with Crippen molar-refractivity contribution in [1.82, 2.24) is 15.5 Å². The zero-order chi connectivity index (χ0) is 17.5. The Morgan fingerprint density at radius 3 is 1.54 bits per heavy atom. The van der Waals surface area contributed by atoms with Gasteiger partial charge in [-0.1, -0.05) is 13.8 Å². The lowest BCUT2D eigenvalue weighted by Gasteiger charge is -2.31. The lowest BCUT2D eigenvalue weighted by molar-refractivity contribution is -0.129. The molecule has 5 nitrogen and oxygen atoms in total. The Morgan fingerprint density at radius 1 is 0.833 bits per heavy atom. The van der Waals surface area contributed by atoms with Gasteiger partial charge in [0.1, 0.15) is 0 Å². The fourth-order valence-corrected chi connectivity index (χ4v) is 3.75. The van der Waals surface area contributed by atoms with Crippen LogP contribution in [0.15, 0.2) is 0 Å². The van der Waals surface area contributed by atoms with Gasteiger partial charge in [-0.3, -0.25) is 9.59 Å². The molecule has 2 amide bonds. The minimum absolute atomic E-state index is 0.240. The van der Waals surface area contributed by atoms with Gasteiger partial charge in [0.25, 0.3) is 0 Å². The van der Waals surface area contributed by atoms with Crippen molar-refractivity contribution < 1.29 is 9.59 Å². The molecule has 24 heavy (non-hydrogen) atoms. The molecule has 0 spiro atoms. The molecule has 0 saturated heterocycles. The molecule has 2 N–H and O–H groups in total. The average Bonchev–Trinajstić information content (AvgIpc) is 2.49. The number of nitrogens with zero attached hydrogens (tertiary/aromatic N) is 1. The van der Waals surface area contributed by atoms with Gasteiger partial charge >= 0.3 is 0 Å². The van der Waals surface area contributed by atoms with Gasteiger partial charge in [0.05, 0.1) is 0 Å². The number of nitrogens with one attached hydrogen (secondary N) is 2. The summed E-state index contributed by atoms with van der Waals surface area (Å²) in [7, 11) is 2.10. The Labute approximate surface area is 146 Å². The SMILES string of the molecule is CC1CC(C(=O)NCCCN(C)CCCNC(=O)C2CC(C)C2)C1. The van der Waals surface area contributed by atoms with Gasteiger partial charge < -0.3 is 15.5 Å². The predicted octanol–water partition coefficient (Wildman–Crippen LogP) is 2.02. The van der Waals surface area contributed by atoms with Crippen LogP contribution >= 0.6 is 0 Å². The Bertz CT molecular complexity index is 377. The highest BCUT2D eigenvalue weighted by Gasteiger charge is 2.31. The van der Waals surface area contributed by atoms with Crippen LogP contribution in [-0.4, -0.2) is 49.9 Å². The largest absolute Gasteiger partial charge is 0.356 e. The molecule has 0 aliphatic heterocycles. The molecule has 2 aliphatic rings. The topological polar surface area (TPSA) is 61.4 Å². The molecule has 2 aliphatic carbocycles. The van der Waals surface area contributed by atoms with Gasteiger partial charge in [-0.2, -0.15) is 0 Å². The molecule has 0 atom stereocenters. The van der Waals surface area contributed by atoms with Gasteiger partial charge in [-0.25, -0.2) is 0 Å². The maximum Gasteiger partial charge on any atom is 0.223 e. The van der Waals surface area contributed by atoms with E-state index in [0.29, 0.717) is 0 Å². The summed E-state index contributed by atoms with van der Waals surface area (Å²) in [5.41, 5.74) is 0. The van der Waals surface area contributed by atoms with Crippen LogP contribution in [0.25, 0.3) is 0 Å². The number of hydrogen-bond acceptors (Lipinski definition) is 3. The van der Waals surface area contributed by atoms with Crippen LogP contribution < -0.4 is 10.6 Å². The minimum Gasteiger partial charge on any atom is -0.356 e. The first-order valence-corrected chi connectivity index (χ1v) is 9.69. The van der Waals surface area contributed by atoms with E-state index in [1.54, 1.807) is 0 Å². The van der Waals surface area contributed by atoms with Crippen LogP contribution in [0.3, 0.4) is 0 Å². The van der Waals surface area contributed by atoms with Gasteiger partial charge in [-0.15, -0.1) is 0 Å². The standard InChI is InChI=1S/C19H35N3O2/c1-14-10-16(11-14)18(23)20-6-4-8-22(3)9-5-7-21-19(24)17-12-15(2)13-17/h14-17H,4-13H2,1-3H3,(H,20,23)(H,21,24). The average molecular weight is 338 g/mol. The first-order chi connectivity index (χ1) is 11.5. The van der Waals surface area contributed by atoms with E-state index in [0.717, 1.165) is 76.5 Å². The van der Waals surface area contributed by atoms with E-state index in [9.17, 15) is 9.59 Å². The molecule has 0 heterocycles. The minimum atomic E-state index is 0.240. The van der Waals surface area contributed by atoms with Crippen molar-refractivity contribution in [3.05, 3.63) is 0 Å². The molecule has 0 aromatic rings. The van der Waals surface area contributed by atoms with Crippen molar-refractivity contribution in [2.24, 2.45) is 23.7 Å². The summed E-state index contributed by atoms with van der Waals surface area (Å²) in [6.07, 6.45) is 6.18. The predicted molar refractivity (Wildman–Crippen MR) is 96.5 cm³/mol. The van der Waals surface area contributed by atoms with E-state index in [1.807, 2.05) is 0 Å². The lowest BCUT2D eigenvalue weighted by Crippen LogP contribution is -2.39. The molecule has 0 aromatic carbocycles. The second-order valence-electron chi connectivity index (χ2n) is 8.14. The molecule has 0 bridgehead atoms. The Morgan fingerprint density at radius 2 is 1.21 bits per heavy atom. The van der Waals surface area contributed by atoms with Crippen molar-refractivity contribution >= 4 is 11.8 Å². The summed E-state index contributed by atoms with van der Waals surface area (Å²) < 4.78 is 0. The highest BCUT2D eigenvalue weighted by molar-refractivity contribution is 5.79. The molecule has 2 rings (SSSR count). The fourth-order valence-electron chi connectivity index (χ4n) is 3.75. The molecule has 0 aromatic heterocycles. The first-order valence-electron chi connectivity index (χ1n) is 9.69. The van der Waals surface area contributed by atoms with Crippen LogP contribution in [0.4, 0.5) is 0 Å². The van der Waals surface area contributed by atoms with E-state index < -0.39 is 0 Å². The smallest absolute Gasteiger partial charge is 0.223 e. The number of carbonyl (C=O) groups excluding carboxylic acids is 2. The summed E-state index contributed by atoms with van der Waals surface area (Å²) in [5, 5.41) is 6.10. The maximum absolute atomic E-state index is 11.8. The summed E-state index contributed by atoms with van der Waals surface area (Å²) in [6.45, 7) is 7.90. The summed E-state index contributed by atoms with van der Waals surface area (Å²) in [6, 6.07) is 0. The third kappa shape index (κ3) is 6.08. The summed E-state index contributed by atoms with van der Waals surface area (Å²) in [5.74, 6) is 2.45. The molecule has 2 saturated carbocycles. The van der Waals surface area contributed by atoms with Crippen LogP contribution in [-0.2, 0) is 9.59 Å². The Kier molecular flexibility index (Phi) is 7.53. The van der Waals surface area contributed by atoms with Gasteiger partial charge in [-0.05, 0) is 70.5 Å². The number of hydrogen-bond donors (Lipinski definition) is 2. The molecule has 138 valence electrons. The zero-order valence-corrected chi connectivity index (χ0v) is 15.6. The van der Waals surface area contributed by atoms with Crippen molar-refractivity contribution in [1.29, 1.82) is 0 Å². The van der Waals surface area contributed by atoms with Gasteiger partial charge in [0, 0.05) is 24.9 Å². The molecule has 0 radical (unpaired) electrons. The van der Waals surface area contributed by atoms with Crippen LogP contribution in [0.1, 0.15) is 52.4 Å². The van der Waals surface area contributed by atoms with Crippen molar-refractivity contribution in [3.63, 3.8) is 0 Å². The fraction of sp³-hybridized carbons (Fsp3) is 0.895. The van der Waals surface area contributed by atoms with E-state index in [4.69, 9.17) is 0 Å². The molecule has 2 fully saturated rings. The summed E-state index contributed by atoms with van der Waals surface area (Å²) >= 11 is 0. The number of carbonyl (C=O) groups is 2. The number of amides is 2. The monoisotopic (exact) mass is 337 g/mol. The lowest BCUT2D eigenvalue weighted by atomic mass is 9.76. The normalized spacial score (nSPS) is 28.8. The third-order valence-corrected chi connectivity index (χ3v) is 5.52. The van der Waals surface area contributed by atoms with E-state index in [1.165, 1.54) is 0 Å². The van der Waals surface area contributed by atoms with Crippen LogP contribution in [0, 0.1) is 23.7 Å². The van der Waals surface area contributed by atoms with Crippen LogP contribution in [0.5, 0.6) is 0 Å². The molecular formula is C19H35N3O2. The van der Waals surface area contributed by atoms with Crippen molar-refractivity contribution in [3.8, 4) is 0 Å². The van der Waals surface area contributed by atoms with E-state index in [2.05, 4.69) is 36.4 Å². The maximum atomic E-state index is 11.8. The van der Waals surface area contributed by atoms with Crippen LogP contribution in [0.2, 0.25) is 0 Å². The van der Waals surface area contributed by atoms with Crippen molar-refractivity contribution in [2.45, 2.75) is 52.4 Å². The molecule has 5 heteroatoms. The first kappa shape index (κ1) is 19.2. The van der Waals surface area contributed by atoms with Gasteiger partial charge in [0.15, 0.2) is 0 Å². The van der Waals surface area contributed by atoms with Crippen molar-refractivity contribution in [2.75, 3.05) is 33.2 Å². The second-order valence-corrected chi connectivity index (χ2v) is 8.14. The quantitative estimate of drug-likeness (QED) is 0.600. The molecular weight excluding hydrogens is 302 g/mol. The third-order valence-electron chi connectivity index (χ3n) is 5.52. The summed E-state index contributed by atoms with van der Waals surface area (Å²) in [4.78, 5) is 25.9. The Hall–Kier alpha value is -1.10. The zero-order valence-electron chi connectivity index (χ0n) is 15.6. The van der Waals surface area contributed by atoms with E-state index in [-0.39, 0.29) is 23.7 Å². The highest BCUT2D eigenvalue weighted by atomic mass is 16.2. The number of rotatable bonds is 10. The molecule has 0 unspecified atom stereocenters. The van der Waals surface area contributed by atoms with Gasteiger partial charge in [0.2, 0.25) is 11.8 Å². The highest BCUT2D eigenvalue weighted by Crippen LogP contribution is 2.33. The second kappa shape index (κ2) is 9.40. The Balaban J connectivity index is 1.40. The van der Waals surface area contributed by atoms with E-state index >= 15 is 0 Å².